The van der Waals surface area contributed by atoms with Gasteiger partial charge >= 0.3 is 0 Å². The van der Waals surface area contributed by atoms with E-state index in [1.807, 2.05) is 13.8 Å². The number of amides is 1. The van der Waals surface area contributed by atoms with Crippen LogP contribution in [0.1, 0.15) is 28.3 Å². The average Bonchev–Trinajstić information content (AvgIpc) is 3.21. The van der Waals surface area contributed by atoms with Gasteiger partial charge in [-0.2, -0.15) is 9.29 Å². The lowest BCUT2D eigenvalue weighted by molar-refractivity contribution is 0.0730. The molecule has 1 aromatic heterocycles. The Kier molecular flexibility index (Phi) is 6.22. The van der Waals surface area contributed by atoms with E-state index in [-0.39, 0.29) is 16.9 Å². The number of carbonyl (C=O) groups excluding carboxylic acids is 1. The van der Waals surface area contributed by atoms with Crippen LogP contribution < -0.4 is 4.74 Å². The highest BCUT2D eigenvalue weighted by molar-refractivity contribution is 7.89. The fourth-order valence-electron chi connectivity index (χ4n) is 3.81. The summed E-state index contributed by atoms with van der Waals surface area (Å²) in [6, 6.07) is 7.91. The summed E-state index contributed by atoms with van der Waals surface area (Å²) in [4.78, 5) is 23.3. The van der Waals surface area contributed by atoms with Crippen molar-refractivity contribution in [3.63, 3.8) is 0 Å². The van der Waals surface area contributed by atoms with Gasteiger partial charge in [-0.05, 0) is 38.1 Å². The van der Waals surface area contributed by atoms with Crippen molar-refractivity contribution in [2.24, 2.45) is 0 Å². The molecule has 2 aliphatic rings. The highest BCUT2D eigenvalue weighted by Gasteiger charge is 2.30. The predicted octanol–water partition coefficient (Wildman–Crippen LogP) is 1.41. The Balaban J connectivity index is 1.39. The van der Waals surface area contributed by atoms with E-state index in [4.69, 9.17) is 9.47 Å². The molecule has 0 saturated carbocycles. The Bertz CT molecular complexity index is 1030. The summed E-state index contributed by atoms with van der Waals surface area (Å²) in [5, 5.41) is 0. The third-order valence-corrected chi connectivity index (χ3v) is 7.28. The smallest absolute Gasteiger partial charge is 0.253 e. The second-order valence-electron chi connectivity index (χ2n) is 7.72. The number of hydrogen-bond donors (Lipinski definition) is 0. The first-order chi connectivity index (χ1) is 14.8. The monoisotopic (exact) mass is 446 g/mol. The molecule has 0 unspecified atom stereocenters. The van der Waals surface area contributed by atoms with E-state index in [1.54, 1.807) is 23.1 Å². The topological polar surface area (TPSA) is 102 Å². The molecule has 2 aliphatic heterocycles. The van der Waals surface area contributed by atoms with Crippen molar-refractivity contribution >= 4 is 15.9 Å². The van der Waals surface area contributed by atoms with Gasteiger partial charge in [0, 0.05) is 43.4 Å². The summed E-state index contributed by atoms with van der Waals surface area (Å²) in [6.45, 7) is 6.18. The van der Waals surface area contributed by atoms with E-state index < -0.39 is 10.0 Å². The average molecular weight is 447 g/mol. The first-order valence-corrected chi connectivity index (χ1v) is 11.7. The highest BCUT2D eigenvalue weighted by Crippen LogP contribution is 2.21. The van der Waals surface area contributed by atoms with Crippen molar-refractivity contribution in [2.45, 2.75) is 31.3 Å². The Labute approximate surface area is 182 Å². The molecule has 3 heterocycles. The molecule has 166 valence electrons. The molecule has 1 amide bonds. The zero-order chi connectivity index (χ0) is 22.0. The van der Waals surface area contributed by atoms with Gasteiger partial charge in [-0.1, -0.05) is 0 Å². The van der Waals surface area contributed by atoms with Crippen molar-refractivity contribution in [3.8, 4) is 5.88 Å². The van der Waals surface area contributed by atoms with E-state index in [2.05, 4.69) is 9.97 Å². The maximum Gasteiger partial charge on any atom is 0.253 e. The van der Waals surface area contributed by atoms with Gasteiger partial charge in [0.25, 0.3) is 5.91 Å². The van der Waals surface area contributed by atoms with Crippen molar-refractivity contribution in [1.82, 2.24) is 19.2 Å². The maximum absolute atomic E-state index is 12.9. The molecule has 0 aliphatic carbocycles. The van der Waals surface area contributed by atoms with Gasteiger partial charge in [0.1, 0.15) is 11.9 Å². The lowest BCUT2D eigenvalue weighted by atomic mass is 10.2. The minimum absolute atomic E-state index is 0.140. The van der Waals surface area contributed by atoms with Gasteiger partial charge in [0.2, 0.25) is 15.9 Å². The fourth-order valence-corrected chi connectivity index (χ4v) is 5.22. The Hall–Kier alpha value is -2.56. The van der Waals surface area contributed by atoms with Crippen LogP contribution in [-0.4, -0.2) is 79.0 Å². The summed E-state index contributed by atoms with van der Waals surface area (Å²) in [6.07, 6.45) is 0.566. The molecule has 0 radical (unpaired) electrons. The van der Waals surface area contributed by atoms with Crippen molar-refractivity contribution in [2.75, 3.05) is 39.4 Å². The van der Waals surface area contributed by atoms with Gasteiger partial charge in [0.15, 0.2) is 0 Å². The molecular formula is C21H26N4O5S. The van der Waals surface area contributed by atoms with Crippen LogP contribution in [0.3, 0.4) is 0 Å². The van der Waals surface area contributed by atoms with Gasteiger partial charge in [-0.15, -0.1) is 0 Å². The molecule has 2 saturated heterocycles. The standard InChI is InChI=1S/C21H26N4O5S/c1-15-13-20(23-16(2)22-15)30-18-7-8-24(14-18)21(26)17-3-5-19(6-4-17)31(27,28)25-9-11-29-12-10-25/h3-6,13,18H,7-12,14H2,1-2H3/t18-/m1/s1. The van der Waals surface area contributed by atoms with Crippen LogP contribution in [0.2, 0.25) is 0 Å². The van der Waals surface area contributed by atoms with E-state index in [0.29, 0.717) is 63.1 Å². The number of morpholine rings is 1. The zero-order valence-corrected chi connectivity index (χ0v) is 18.5. The van der Waals surface area contributed by atoms with Crippen molar-refractivity contribution in [1.29, 1.82) is 0 Å². The molecular weight excluding hydrogens is 420 g/mol. The molecule has 1 atom stereocenters. The van der Waals surface area contributed by atoms with E-state index in [0.717, 1.165) is 5.69 Å². The number of hydrogen-bond acceptors (Lipinski definition) is 7. The van der Waals surface area contributed by atoms with E-state index in [1.165, 1.54) is 16.4 Å². The first-order valence-electron chi connectivity index (χ1n) is 10.3. The normalized spacial score (nSPS) is 20.1. The Morgan fingerprint density at radius 3 is 2.48 bits per heavy atom. The third-order valence-electron chi connectivity index (χ3n) is 5.37. The third kappa shape index (κ3) is 4.86. The molecule has 2 fully saturated rings. The van der Waals surface area contributed by atoms with Crippen LogP contribution in [0.25, 0.3) is 0 Å². The number of sulfonamides is 1. The van der Waals surface area contributed by atoms with Crippen LogP contribution in [0.15, 0.2) is 35.2 Å². The number of benzene rings is 1. The summed E-state index contributed by atoms with van der Waals surface area (Å²) in [5.41, 5.74) is 1.29. The summed E-state index contributed by atoms with van der Waals surface area (Å²) in [5.74, 6) is 1.02. The van der Waals surface area contributed by atoms with E-state index in [9.17, 15) is 13.2 Å². The molecule has 4 rings (SSSR count). The van der Waals surface area contributed by atoms with Crippen molar-refractivity contribution < 1.29 is 22.7 Å². The molecule has 10 heteroatoms. The van der Waals surface area contributed by atoms with Crippen LogP contribution in [-0.2, 0) is 14.8 Å². The molecule has 31 heavy (non-hydrogen) atoms. The Morgan fingerprint density at radius 1 is 1.10 bits per heavy atom. The molecule has 0 N–H and O–H groups in total. The van der Waals surface area contributed by atoms with Crippen LogP contribution in [0.4, 0.5) is 0 Å². The zero-order valence-electron chi connectivity index (χ0n) is 17.7. The van der Waals surface area contributed by atoms with Crippen LogP contribution >= 0.6 is 0 Å². The molecule has 9 nitrogen and oxygen atoms in total. The second kappa shape index (κ2) is 8.89. The highest BCUT2D eigenvalue weighted by atomic mass is 32.2. The van der Waals surface area contributed by atoms with E-state index >= 15 is 0 Å². The summed E-state index contributed by atoms with van der Waals surface area (Å²) >= 11 is 0. The predicted molar refractivity (Wildman–Crippen MR) is 112 cm³/mol. The Morgan fingerprint density at radius 2 is 1.81 bits per heavy atom. The quantitative estimate of drug-likeness (QED) is 0.684. The largest absolute Gasteiger partial charge is 0.472 e. The molecule has 1 aromatic carbocycles. The summed E-state index contributed by atoms with van der Waals surface area (Å²) < 4.78 is 38.0. The number of rotatable bonds is 5. The van der Waals surface area contributed by atoms with Gasteiger partial charge < -0.3 is 14.4 Å². The SMILES string of the molecule is Cc1cc(O[C@@H]2CCN(C(=O)c3ccc(S(=O)(=O)N4CCOCC4)cc3)C2)nc(C)n1. The fraction of sp³-hybridized carbons (Fsp3) is 0.476. The lowest BCUT2D eigenvalue weighted by Gasteiger charge is -2.26. The first kappa shape index (κ1) is 21.7. The maximum atomic E-state index is 12.9. The molecule has 0 spiro atoms. The van der Waals surface area contributed by atoms with Crippen LogP contribution in [0.5, 0.6) is 5.88 Å². The number of likely N-dealkylation sites (tertiary alicyclic amines) is 1. The van der Waals surface area contributed by atoms with Gasteiger partial charge in [0.05, 0.1) is 24.7 Å². The van der Waals surface area contributed by atoms with Gasteiger partial charge in [-0.25, -0.2) is 13.4 Å². The van der Waals surface area contributed by atoms with Crippen LogP contribution in [0, 0.1) is 13.8 Å². The number of nitrogens with zero attached hydrogens (tertiary/aromatic N) is 4. The van der Waals surface area contributed by atoms with Crippen molar-refractivity contribution in [3.05, 3.63) is 47.4 Å². The van der Waals surface area contributed by atoms with Gasteiger partial charge in [-0.3, -0.25) is 4.79 Å². The number of ether oxygens (including phenoxy) is 2. The minimum Gasteiger partial charge on any atom is -0.472 e. The number of aromatic nitrogens is 2. The second-order valence-corrected chi connectivity index (χ2v) is 9.65. The lowest BCUT2D eigenvalue weighted by Crippen LogP contribution is -2.40. The number of carbonyl (C=O) groups is 1. The summed E-state index contributed by atoms with van der Waals surface area (Å²) in [7, 11) is -3.58. The number of aryl methyl sites for hydroxylation is 2. The molecule has 2 aromatic rings. The molecule has 0 bridgehead atoms. The minimum atomic E-state index is -3.58.